The minimum absolute atomic E-state index is 0.826. The molecule has 0 N–H and O–H groups in total. The highest BCUT2D eigenvalue weighted by Crippen LogP contribution is 2.23. The Morgan fingerprint density at radius 1 is 1.25 bits per heavy atom. The zero-order valence-corrected chi connectivity index (χ0v) is 9.35. The van der Waals surface area contributed by atoms with E-state index in [4.69, 9.17) is 4.74 Å². The van der Waals surface area contributed by atoms with Gasteiger partial charge in [-0.05, 0) is 18.1 Å². The summed E-state index contributed by atoms with van der Waals surface area (Å²) in [6, 6.07) is 2.25. The molecule has 0 bridgehead atoms. The van der Waals surface area contributed by atoms with Crippen LogP contribution in [0.1, 0.15) is 17.7 Å². The summed E-state index contributed by atoms with van der Waals surface area (Å²) >= 11 is 0. The molecule has 0 saturated carbocycles. The van der Waals surface area contributed by atoms with Crippen molar-refractivity contribution in [3.05, 3.63) is 29.6 Å². The second kappa shape index (κ2) is 4.26. The third kappa shape index (κ3) is 1.83. The van der Waals surface area contributed by atoms with Crippen molar-refractivity contribution in [2.24, 2.45) is 0 Å². The number of aromatic nitrogens is 1. The molecule has 1 aromatic heterocycles. The van der Waals surface area contributed by atoms with E-state index in [-0.39, 0.29) is 0 Å². The van der Waals surface area contributed by atoms with Gasteiger partial charge in [0, 0.05) is 26.1 Å². The minimum atomic E-state index is 0.826. The fraction of sp³-hybridized carbons (Fsp3) is 0.462. The van der Waals surface area contributed by atoms with Crippen LogP contribution in [-0.4, -0.2) is 31.3 Å². The maximum absolute atomic E-state index is 5.46. The van der Waals surface area contributed by atoms with Gasteiger partial charge in [0.15, 0.2) is 0 Å². The summed E-state index contributed by atoms with van der Waals surface area (Å²) in [6.07, 6.45) is 8.43. The molecule has 3 heteroatoms. The van der Waals surface area contributed by atoms with E-state index in [2.05, 4.69) is 28.1 Å². The normalized spacial score (nSPS) is 19.6. The molecule has 2 heterocycles. The molecule has 0 amide bonds. The van der Waals surface area contributed by atoms with Crippen LogP contribution in [-0.2, 0) is 11.2 Å². The fourth-order valence-corrected chi connectivity index (χ4v) is 2.29. The maximum Gasteiger partial charge on any atom is 0.0641 e. The number of rotatable bonds is 1. The number of hydrogen-bond donors (Lipinski definition) is 0. The number of pyridine rings is 1. The molecular weight excluding hydrogens is 200 g/mol. The smallest absolute Gasteiger partial charge is 0.0641 e. The van der Waals surface area contributed by atoms with Gasteiger partial charge in [0.1, 0.15) is 0 Å². The van der Waals surface area contributed by atoms with Crippen molar-refractivity contribution in [2.75, 3.05) is 31.2 Å². The van der Waals surface area contributed by atoms with Gasteiger partial charge in [0.05, 0.1) is 24.2 Å². The molecule has 3 rings (SSSR count). The Hall–Kier alpha value is -1.35. The molecular formula is C13H16N2O. The second-order valence-electron chi connectivity index (χ2n) is 4.29. The number of ether oxygens (including phenoxy) is 1. The van der Waals surface area contributed by atoms with Crippen molar-refractivity contribution in [1.82, 2.24) is 4.98 Å². The van der Waals surface area contributed by atoms with Crippen molar-refractivity contribution >= 4 is 11.8 Å². The third-order valence-corrected chi connectivity index (χ3v) is 3.19. The summed E-state index contributed by atoms with van der Waals surface area (Å²) in [5.41, 5.74) is 3.72. The number of hydrogen-bond acceptors (Lipinski definition) is 3. The first-order chi connectivity index (χ1) is 7.93. The Bertz CT molecular complexity index is 406. The summed E-state index contributed by atoms with van der Waals surface area (Å²) < 4.78 is 5.46. The second-order valence-corrected chi connectivity index (χ2v) is 4.29. The Morgan fingerprint density at radius 3 is 3.25 bits per heavy atom. The predicted molar refractivity (Wildman–Crippen MR) is 64.6 cm³/mol. The quantitative estimate of drug-likeness (QED) is 0.716. The first-order valence-corrected chi connectivity index (χ1v) is 5.92. The van der Waals surface area contributed by atoms with E-state index < -0.39 is 0 Å². The van der Waals surface area contributed by atoms with Gasteiger partial charge in [-0.2, -0.15) is 0 Å². The molecule has 84 valence electrons. The SMILES string of the molecule is C1=Cc2cc(N3CCCOCC3)cnc2C1. The fourth-order valence-electron chi connectivity index (χ4n) is 2.29. The van der Waals surface area contributed by atoms with Gasteiger partial charge < -0.3 is 9.64 Å². The lowest BCUT2D eigenvalue weighted by molar-refractivity contribution is 0.152. The molecule has 16 heavy (non-hydrogen) atoms. The van der Waals surface area contributed by atoms with E-state index in [1.54, 1.807) is 0 Å². The van der Waals surface area contributed by atoms with Crippen LogP contribution < -0.4 is 4.90 Å². The molecule has 1 aliphatic carbocycles. The Kier molecular flexibility index (Phi) is 2.62. The Balaban J connectivity index is 1.85. The van der Waals surface area contributed by atoms with Crippen molar-refractivity contribution < 1.29 is 4.74 Å². The first-order valence-electron chi connectivity index (χ1n) is 5.92. The molecule has 0 aromatic carbocycles. The standard InChI is InChI=1S/C13H16N2O/c1-3-11-9-12(10-14-13(11)4-1)15-5-2-7-16-8-6-15/h1,3,9-10H,2,4-8H2. The number of nitrogens with zero attached hydrogens (tertiary/aromatic N) is 2. The van der Waals surface area contributed by atoms with Gasteiger partial charge in [0.25, 0.3) is 0 Å². The predicted octanol–water partition coefficient (Wildman–Crippen LogP) is 1.88. The van der Waals surface area contributed by atoms with E-state index in [9.17, 15) is 0 Å². The number of fused-ring (bicyclic) bond motifs is 1. The van der Waals surface area contributed by atoms with Crippen LogP contribution in [0.15, 0.2) is 18.3 Å². The van der Waals surface area contributed by atoms with E-state index in [1.165, 1.54) is 16.9 Å². The lowest BCUT2D eigenvalue weighted by Gasteiger charge is -2.22. The molecule has 1 aliphatic heterocycles. The Labute approximate surface area is 95.7 Å². The summed E-state index contributed by atoms with van der Waals surface area (Å²) in [5, 5.41) is 0. The molecule has 0 radical (unpaired) electrons. The molecule has 1 aromatic rings. The van der Waals surface area contributed by atoms with Gasteiger partial charge in [-0.25, -0.2) is 0 Å². The van der Waals surface area contributed by atoms with Gasteiger partial charge in [-0.1, -0.05) is 12.2 Å². The molecule has 1 fully saturated rings. The monoisotopic (exact) mass is 216 g/mol. The minimum Gasteiger partial charge on any atom is -0.380 e. The average Bonchev–Trinajstić information content (AvgIpc) is 2.61. The lowest BCUT2D eigenvalue weighted by Crippen LogP contribution is -2.26. The van der Waals surface area contributed by atoms with E-state index in [0.29, 0.717) is 0 Å². The zero-order valence-electron chi connectivity index (χ0n) is 9.35. The lowest BCUT2D eigenvalue weighted by atomic mass is 10.2. The zero-order chi connectivity index (χ0) is 10.8. The van der Waals surface area contributed by atoms with Crippen molar-refractivity contribution in [1.29, 1.82) is 0 Å². The van der Waals surface area contributed by atoms with E-state index >= 15 is 0 Å². The van der Waals surface area contributed by atoms with Gasteiger partial charge in [-0.15, -0.1) is 0 Å². The topological polar surface area (TPSA) is 25.4 Å². The highest BCUT2D eigenvalue weighted by atomic mass is 16.5. The summed E-state index contributed by atoms with van der Waals surface area (Å²) in [4.78, 5) is 6.89. The van der Waals surface area contributed by atoms with Gasteiger partial charge in [0.2, 0.25) is 0 Å². The number of anilines is 1. The van der Waals surface area contributed by atoms with Crippen LogP contribution in [0.3, 0.4) is 0 Å². The largest absolute Gasteiger partial charge is 0.380 e. The summed E-state index contributed by atoms with van der Waals surface area (Å²) in [7, 11) is 0. The summed E-state index contributed by atoms with van der Waals surface area (Å²) in [5.74, 6) is 0. The van der Waals surface area contributed by atoms with E-state index in [0.717, 1.165) is 39.1 Å². The van der Waals surface area contributed by atoms with Crippen LogP contribution in [0.25, 0.3) is 6.08 Å². The molecule has 0 atom stereocenters. The Morgan fingerprint density at radius 2 is 2.25 bits per heavy atom. The highest BCUT2D eigenvalue weighted by Gasteiger charge is 2.13. The van der Waals surface area contributed by atoms with Crippen molar-refractivity contribution in [3.8, 4) is 0 Å². The third-order valence-electron chi connectivity index (χ3n) is 3.19. The molecule has 1 saturated heterocycles. The van der Waals surface area contributed by atoms with Crippen molar-refractivity contribution in [2.45, 2.75) is 12.8 Å². The molecule has 2 aliphatic rings. The van der Waals surface area contributed by atoms with Crippen molar-refractivity contribution in [3.63, 3.8) is 0 Å². The number of allylic oxidation sites excluding steroid dienone is 1. The first kappa shape index (κ1) is 9.85. The van der Waals surface area contributed by atoms with Crippen LogP contribution in [0, 0.1) is 0 Å². The molecule has 0 unspecified atom stereocenters. The van der Waals surface area contributed by atoms with Crippen LogP contribution >= 0.6 is 0 Å². The van der Waals surface area contributed by atoms with Gasteiger partial charge in [-0.3, -0.25) is 4.98 Å². The van der Waals surface area contributed by atoms with Crippen LogP contribution in [0.2, 0.25) is 0 Å². The molecule has 0 spiro atoms. The highest BCUT2D eigenvalue weighted by molar-refractivity contribution is 5.63. The van der Waals surface area contributed by atoms with Crippen LogP contribution in [0.4, 0.5) is 5.69 Å². The maximum atomic E-state index is 5.46. The van der Waals surface area contributed by atoms with Gasteiger partial charge >= 0.3 is 0 Å². The van der Waals surface area contributed by atoms with Crippen LogP contribution in [0.5, 0.6) is 0 Å². The molecule has 3 nitrogen and oxygen atoms in total. The average molecular weight is 216 g/mol. The van der Waals surface area contributed by atoms with E-state index in [1.807, 2.05) is 6.20 Å². The summed E-state index contributed by atoms with van der Waals surface area (Å²) in [6.45, 7) is 3.76.